The monoisotopic (exact) mass is 555 g/mol. The SMILES string of the molecule is CC(C)(C)OC(=O)N1C[C@H](C(=O)NO)[C@H](NC(=O)c2ccc(Cn3c(-c4ccccc4)nc4ccccc43)cc2)C1. The third kappa shape index (κ3) is 6.22. The smallest absolute Gasteiger partial charge is 0.410 e. The highest BCUT2D eigenvalue weighted by atomic mass is 16.6. The molecule has 2 atom stereocenters. The van der Waals surface area contributed by atoms with E-state index in [1.54, 1.807) is 38.4 Å². The molecule has 0 saturated carbocycles. The summed E-state index contributed by atoms with van der Waals surface area (Å²) in [6.45, 7) is 5.89. The van der Waals surface area contributed by atoms with E-state index in [0.29, 0.717) is 12.1 Å². The van der Waals surface area contributed by atoms with Gasteiger partial charge in [-0.25, -0.2) is 15.3 Å². The molecule has 0 aliphatic carbocycles. The van der Waals surface area contributed by atoms with Gasteiger partial charge in [0.1, 0.15) is 11.4 Å². The molecule has 2 heterocycles. The molecule has 3 amide bonds. The molecule has 1 saturated heterocycles. The number of ether oxygens (including phenoxy) is 1. The third-order valence-electron chi connectivity index (χ3n) is 6.98. The van der Waals surface area contributed by atoms with Crippen molar-refractivity contribution in [3.05, 3.63) is 90.0 Å². The van der Waals surface area contributed by atoms with Crippen molar-refractivity contribution >= 4 is 28.9 Å². The van der Waals surface area contributed by atoms with E-state index in [1.165, 1.54) is 4.90 Å². The van der Waals surface area contributed by atoms with Crippen molar-refractivity contribution in [3.8, 4) is 11.4 Å². The number of para-hydroxylation sites is 2. The first kappa shape index (κ1) is 27.9. The van der Waals surface area contributed by atoms with Gasteiger partial charge in [-0.05, 0) is 50.6 Å². The summed E-state index contributed by atoms with van der Waals surface area (Å²) in [6, 6.07) is 24.5. The Morgan fingerprint density at radius 1 is 0.951 bits per heavy atom. The minimum Gasteiger partial charge on any atom is -0.444 e. The number of hydrogen-bond donors (Lipinski definition) is 3. The lowest BCUT2D eigenvalue weighted by Gasteiger charge is -2.24. The predicted octanol–water partition coefficient (Wildman–Crippen LogP) is 4.22. The van der Waals surface area contributed by atoms with Gasteiger partial charge in [0.25, 0.3) is 5.91 Å². The summed E-state index contributed by atoms with van der Waals surface area (Å²) in [6.07, 6.45) is -0.587. The van der Waals surface area contributed by atoms with E-state index in [2.05, 4.69) is 9.88 Å². The van der Waals surface area contributed by atoms with Crippen molar-refractivity contribution in [1.29, 1.82) is 0 Å². The number of hydroxylamine groups is 1. The number of carbonyl (C=O) groups excluding carboxylic acids is 3. The molecule has 4 aromatic rings. The normalized spacial score (nSPS) is 16.9. The first-order valence-electron chi connectivity index (χ1n) is 13.5. The molecule has 0 bridgehead atoms. The van der Waals surface area contributed by atoms with E-state index in [-0.39, 0.29) is 19.0 Å². The van der Waals surface area contributed by atoms with E-state index in [4.69, 9.17) is 9.72 Å². The summed E-state index contributed by atoms with van der Waals surface area (Å²) >= 11 is 0. The Labute approximate surface area is 237 Å². The zero-order valence-corrected chi connectivity index (χ0v) is 23.2. The molecular weight excluding hydrogens is 522 g/mol. The van der Waals surface area contributed by atoms with Crippen LogP contribution in [0, 0.1) is 5.92 Å². The number of hydrogen-bond acceptors (Lipinski definition) is 6. The number of imidazole rings is 1. The molecular formula is C31H33N5O5. The standard InChI is InChI=1S/C31H33N5O5/c1-31(2,3)41-30(39)35-18-23(29(38)34-40)25(19-35)33-28(37)22-15-13-20(14-16-22)17-36-26-12-8-7-11-24(26)32-27(36)21-9-5-4-6-10-21/h4-16,23,25,40H,17-19H2,1-3H3,(H,33,37)(H,34,38)/t23-,25+/m0/s1. The molecule has 5 rings (SSSR count). The Morgan fingerprint density at radius 3 is 2.32 bits per heavy atom. The van der Waals surface area contributed by atoms with Gasteiger partial charge in [0.05, 0.1) is 23.0 Å². The summed E-state index contributed by atoms with van der Waals surface area (Å²) in [5.74, 6) is -1.04. The molecule has 41 heavy (non-hydrogen) atoms. The van der Waals surface area contributed by atoms with E-state index < -0.39 is 29.6 Å². The highest BCUT2D eigenvalue weighted by Crippen LogP contribution is 2.26. The summed E-state index contributed by atoms with van der Waals surface area (Å²) in [5.41, 5.74) is 5.25. The van der Waals surface area contributed by atoms with Crippen LogP contribution < -0.4 is 10.8 Å². The largest absolute Gasteiger partial charge is 0.444 e. The maximum Gasteiger partial charge on any atom is 0.410 e. The van der Waals surface area contributed by atoms with Gasteiger partial charge in [0.2, 0.25) is 5.91 Å². The number of nitrogens with zero attached hydrogens (tertiary/aromatic N) is 3. The van der Waals surface area contributed by atoms with Gasteiger partial charge in [-0.3, -0.25) is 14.8 Å². The fourth-order valence-corrected chi connectivity index (χ4v) is 5.01. The van der Waals surface area contributed by atoms with Crippen LogP contribution in [0.15, 0.2) is 78.9 Å². The minimum absolute atomic E-state index is 0.00774. The molecule has 3 N–H and O–H groups in total. The van der Waals surface area contributed by atoms with Gasteiger partial charge in [-0.1, -0.05) is 54.6 Å². The van der Waals surface area contributed by atoms with Crippen LogP contribution in [-0.4, -0.2) is 62.3 Å². The Balaban J connectivity index is 1.32. The Morgan fingerprint density at radius 2 is 1.63 bits per heavy atom. The Kier molecular flexibility index (Phi) is 7.76. The second-order valence-corrected chi connectivity index (χ2v) is 11.1. The first-order valence-corrected chi connectivity index (χ1v) is 13.5. The quantitative estimate of drug-likeness (QED) is 0.242. The number of rotatable bonds is 6. The fourth-order valence-electron chi connectivity index (χ4n) is 5.01. The number of amides is 3. The number of aromatic nitrogens is 2. The number of fused-ring (bicyclic) bond motifs is 1. The van der Waals surface area contributed by atoms with Gasteiger partial charge in [-0.15, -0.1) is 0 Å². The minimum atomic E-state index is -0.832. The van der Waals surface area contributed by atoms with E-state index in [0.717, 1.165) is 28.0 Å². The van der Waals surface area contributed by atoms with Crippen LogP contribution in [0.2, 0.25) is 0 Å². The molecule has 212 valence electrons. The fraction of sp³-hybridized carbons (Fsp3) is 0.290. The molecule has 0 radical (unpaired) electrons. The van der Waals surface area contributed by atoms with Gasteiger partial charge in [-0.2, -0.15) is 0 Å². The van der Waals surface area contributed by atoms with Crippen LogP contribution >= 0.6 is 0 Å². The number of carbonyl (C=O) groups is 3. The summed E-state index contributed by atoms with van der Waals surface area (Å²) < 4.78 is 7.57. The van der Waals surface area contributed by atoms with Gasteiger partial charge < -0.3 is 19.5 Å². The van der Waals surface area contributed by atoms with E-state index in [1.807, 2.05) is 66.7 Å². The zero-order chi connectivity index (χ0) is 29.1. The average molecular weight is 556 g/mol. The average Bonchev–Trinajstić information content (AvgIpc) is 3.54. The third-order valence-corrected chi connectivity index (χ3v) is 6.98. The summed E-state index contributed by atoms with van der Waals surface area (Å²) in [7, 11) is 0. The second-order valence-electron chi connectivity index (χ2n) is 11.1. The molecule has 10 heteroatoms. The number of benzene rings is 3. The molecule has 1 aliphatic heterocycles. The highest BCUT2D eigenvalue weighted by Gasteiger charge is 2.42. The Hall–Kier alpha value is -4.70. The van der Waals surface area contributed by atoms with Crippen LogP contribution in [0.3, 0.4) is 0 Å². The van der Waals surface area contributed by atoms with Crippen LogP contribution in [0.25, 0.3) is 22.4 Å². The second kappa shape index (κ2) is 11.4. The van der Waals surface area contributed by atoms with E-state index in [9.17, 15) is 19.6 Å². The molecule has 0 spiro atoms. The van der Waals surface area contributed by atoms with Crippen molar-refractivity contribution in [3.63, 3.8) is 0 Å². The molecule has 1 aromatic heterocycles. The van der Waals surface area contributed by atoms with Crippen molar-refractivity contribution < 1.29 is 24.3 Å². The highest BCUT2D eigenvalue weighted by molar-refractivity contribution is 5.95. The van der Waals surface area contributed by atoms with Crippen molar-refractivity contribution in [1.82, 2.24) is 25.2 Å². The maximum atomic E-state index is 13.1. The zero-order valence-electron chi connectivity index (χ0n) is 23.2. The molecule has 1 fully saturated rings. The molecule has 0 unspecified atom stereocenters. The van der Waals surface area contributed by atoms with Crippen LogP contribution in [0.1, 0.15) is 36.7 Å². The van der Waals surface area contributed by atoms with Crippen LogP contribution in [-0.2, 0) is 16.1 Å². The first-order chi connectivity index (χ1) is 19.6. The summed E-state index contributed by atoms with van der Waals surface area (Å²) in [5, 5.41) is 12.1. The van der Waals surface area contributed by atoms with Crippen LogP contribution in [0.5, 0.6) is 0 Å². The van der Waals surface area contributed by atoms with Gasteiger partial charge >= 0.3 is 6.09 Å². The maximum absolute atomic E-state index is 13.1. The lowest BCUT2D eigenvalue weighted by molar-refractivity contribution is -0.133. The van der Waals surface area contributed by atoms with Gasteiger partial charge in [0.15, 0.2) is 0 Å². The van der Waals surface area contributed by atoms with Crippen molar-refractivity contribution in [2.75, 3.05) is 13.1 Å². The molecule has 3 aromatic carbocycles. The lowest BCUT2D eigenvalue weighted by Crippen LogP contribution is -2.45. The summed E-state index contributed by atoms with van der Waals surface area (Å²) in [4.78, 5) is 44.3. The van der Waals surface area contributed by atoms with E-state index >= 15 is 0 Å². The number of likely N-dealkylation sites (tertiary alicyclic amines) is 1. The van der Waals surface area contributed by atoms with Crippen LogP contribution in [0.4, 0.5) is 4.79 Å². The van der Waals surface area contributed by atoms with Crippen molar-refractivity contribution in [2.24, 2.45) is 5.92 Å². The van der Waals surface area contributed by atoms with Gasteiger partial charge in [0, 0.05) is 30.8 Å². The molecule has 10 nitrogen and oxygen atoms in total. The lowest BCUT2D eigenvalue weighted by atomic mass is 10.0. The number of nitrogens with one attached hydrogen (secondary N) is 2. The topological polar surface area (TPSA) is 126 Å². The van der Waals surface area contributed by atoms with Crippen molar-refractivity contribution in [2.45, 2.75) is 39.0 Å². The predicted molar refractivity (Wildman–Crippen MR) is 153 cm³/mol. The molecule has 1 aliphatic rings. The Bertz CT molecular complexity index is 1560.